The highest BCUT2D eigenvalue weighted by molar-refractivity contribution is 7.37. The van der Waals surface area contributed by atoms with E-state index in [4.69, 9.17) is 0 Å². The van der Waals surface area contributed by atoms with Gasteiger partial charge >= 0.3 is 0 Å². The highest BCUT2D eigenvalue weighted by atomic mass is 32.2. The van der Waals surface area contributed by atoms with Crippen LogP contribution >= 0.6 is 22.7 Å². The zero-order chi connectivity index (χ0) is 11.1. The summed E-state index contributed by atoms with van der Waals surface area (Å²) in [5.74, 6) is 0. The van der Waals surface area contributed by atoms with Crippen LogP contribution in [0.25, 0.3) is 9.66 Å². The Hall–Kier alpha value is -1.27. The molecule has 3 rings (SSSR count). The minimum absolute atomic E-state index is 0.827. The van der Waals surface area contributed by atoms with E-state index in [1.54, 1.807) is 22.7 Å². The topological polar surface area (TPSA) is 34.6 Å². The smallest absolute Gasteiger partial charge is 0.240 e. The van der Waals surface area contributed by atoms with Crippen LogP contribution in [0.1, 0.15) is 10.0 Å². The Labute approximate surface area is 101 Å². The SMILES string of the molecule is Cc1nc2nc(Cn3cc[n+](C)c3)sc2s1. The molecule has 0 aliphatic carbocycles. The average Bonchev–Trinajstić information content (AvgIpc) is 2.81. The summed E-state index contributed by atoms with van der Waals surface area (Å²) in [6, 6.07) is 0. The van der Waals surface area contributed by atoms with Crippen LogP contribution in [0.15, 0.2) is 18.7 Å². The fourth-order valence-corrected chi connectivity index (χ4v) is 3.74. The van der Waals surface area contributed by atoms with Gasteiger partial charge in [0.25, 0.3) is 0 Å². The van der Waals surface area contributed by atoms with E-state index in [0.29, 0.717) is 0 Å². The Morgan fingerprint density at radius 2 is 2.25 bits per heavy atom. The molecule has 0 amide bonds. The van der Waals surface area contributed by atoms with Crippen molar-refractivity contribution < 1.29 is 4.57 Å². The molecular formula is C10H11N4S2+. The molecule has 0 bridgehead atoms. The van der Waals surface area contributed by atoms with Crippen LogP contribution in [0.2, 0.25) is 0 Å². The van der Waals surface area contributed by atoms with Gasteiger partial charge in [0.05, 0.1) is 12.1 Å². The normalized spacial score (nSPS) is 11.4. The number of aryl methyl sites for hydroxylation is 2. The van der Waals surface area contributed by atoms with Gasteiger partial charge in [0, 0.05) is 0 Å². The maximum Gasteiger partial charge on any atom is 0.243 e. The number of fused-ring (bicyclic) bond motifs is 1. The third kappa shape index (κ3) is 1.74. The summed E-state index contributed by atoms with van der Waals surface area (Å²) in [5, 5.41) is 2.21. The van der Waals surface area contributed by atoms with Crippen LogP contribution in [0, 0.1) is 6.92 Å². The van der Waals surface area contributed by atoms with Gasteiger partial charge in [-0.1, -0.05) is 0 Å². The van der Waals surface area contributed by atoms with Crippen LogP contribution in [0.5, 0.6) is 0 Å². The molecule has 0 fully saturated rings. The summed E-state index contributed by atoms with van der Waals surface area (Å²) >= 11 is 3.46. The summed E-state index contributed by atoms with van der Waals surface area (Å²) < 4.78 is 5.37. The van der Waals surface area contributed by atoms with E-state index in [1.165, 1.54) is 4.01 Å². The summed E-state index contributed by atoms with van der Waals surface area (Å²) in [7, 11) is 2.02. The Morgan fingerprint density at radius 1 is 1.38 bits per heavy atom. The largest absolute Gasteiger partial charge is 0.243 e. The van der Waals surface area contributed by atoms with E-state index in [1.807, 2.05) is 37.3 Å². The first-order valence-corrected chi connectivity index (χ1v) is 6.58. The van der Waals surface area contributed by atoms with Crippen LogP contribution in [0.4, 0.5) is 0 Å². The zero-order valence-electron chi connectivity index (χ0n) is 9.04. The summed E-state index contributed by atoms with van der Waals surface area (Å²) in [5.41, 5.74) is 0.902. The van der Waals surface area contributed by atoms with Crippen molar-refractivity contribution in [3.63, 3.8) is 0 Å². The lowest BCUT2D eigenvalue weighted by Gasteiger charge is -1.89. The molecule has 82 valence electrons. The van der Waals surface area contributed by atoms with Gasteiger partial charge < -0.3 is 0 Å². The molecule has 3 aromatic heterocycles. The fraction of sp³-hybridized carbons (Fsp3) is 0.300. The lowest BCUT2D eigenvalue weighted by atomic mass is 10.6. The number of rotatable bonds is 2. The summed E-state index contributed by atoms with van der Waals surface area (Å²) in [6.07, 6.45) is 6.13. The summed E-state index contributed by atoms with van der Waals surface area (Å²) in [4.78, 5) is 8.91. The molecule has 0 saturated heterocycles. The van der Waals surface area contributed by atoms with Gasteiger partial charge in [-0.25, -0.2) is 19.1 Å². The predicted octanol–water partition coefficient (Wildman–Crippen LogP) is 1.74. The van der Waals surface area contributed by atoms with E-state index >= 15 is 0 Å². The molecule has 0 aromatic carbocycles. The molecule has 0 atom stereocenters. The van der Waals surface area contributed by atoms with Crippen LogP contribution in [0.3, 0.4) is 0 Å². The van der Waals surface area contributed by atoms with E-state index in [9.17, 15) is 0 Å². The third-order valence-electron chi connectivity index (χ3n) is 2.27. The monoisotopic (exact) mass is 251 g/mol. The molecule has 6 heteroatoms. The highest BCUT2D eigenvalue weighted by Gasteiger charge is 2.10. The first kappa shape index (κ1) is 9.92. The van der Waals surface area contributed by atoms with E-state index in [2.05, 4.69) is 14.5 Å². The van der Waals surface area contributed by atoms with Gasteiger partial charge in [0.2, 0.25) is 6.33 Å². The molecule has 0 N–H and O–H groups in total. The highest BCUT2D eigenvalue weighted by Crippen LogP contribution is 2.27. The number of hydrogen-bond acceptors (Lipinski definition) is 4. The predicted molar refractivity (Wildman–Crippen MR) is 64.7 cm³/mol. The van der Waals surface area contributed by atoms with Gasteiger partial charge in [-0.15, -0.1) is 22.7 Å². The number of imidazole rings is 1. The second-order valence-corrected chi connectivity index (χ2v) is 6.25. The second-order valence-electron chi connectivity index (χ2n) is 3.70. The Kier molecular flexibility index (Phi) is 2.26. The Balaban J connectivity index is 1.91. The van der Waals surface area contributed by atoms with Crippen LogP contribution < -0.4 is 4.57 Å². The standard InChI is InChI=1S/C10H11N4S2/c1-7-11-9-10(15-7)16-8(12-9)5-14-4-3-13(2)6-14/h3-4,6H,5H2,1-2H3/q+1. The molecule has 3 heterocycles. The van der Waals surface area contributed by atoms with Crippen molar-refractivity contribution in [1.29, 1.82) is 0 Å². The Bertz CT molecular complexity index is 603. The summed E-state index contributed by atoms with van der Waals surface area (Å²) in [6.45, 7) is 2.85. The fourth-order valence-electron chi connectivity index (χ4n) is 1.60. The first-order chi connectivity index (χ1) is 7.70. The molecule has 0 aliphatic rings. The van der Waals surface area contributed by atoms with Gasteiger partial charge in [-0.3, -0.25) is 0 Å². The van der Waals surface area contributed by atoms with Crippen molar-refractivity contribution in [3.8, 4) is 0 Å². The van der Waals surface area contributed by atoms with Crippen molar-refractivity contribution in [1.82, 2.24) is 14.5 Å². The first-order valence-electron chi connectivity index (χ1n) is 4.94. The molecule has 0 saturated carbocycles. The van der Waals surface area contributed by atoms with Crippen LogP contribution in [-0.2, 0) is 13.6 Å². The van der Waals surface area contributed by atoms with Gasteiger partial charge in [0.1, 0.15) is 28.0 Å². The van der Waals surface area contributed by atoms with Crippen molar-refractivity contribution >= 4 is 32.3 Å². The lowest BCUT2D eigenvalue weighted by Crippen LogP contribution is -2.23. The zero-order valence-corrected chi connectivity index (χ0v) is 10.7. The Morgan fingerprint density at radius 3 is 2.94 bits per heavy atom. The number of hydrogen-bond donors (Lipinski definition) is 0. The molecule has 0 spiro atoms. The molecule has 0 radical (unpaired) electrons. The van der Waals surface area contributed by atoms with Crippen molar-refractivity contribution in [2.45, 2.75) is 13.5 Å². The molecule has 0 unspecified atom stereocenters. The third-order valence-corrected chi connectivity index (χ3v) is 4.35. The van der Waals surface area contributed by atoms with Gasteiger partial charge in [0.15, 0.2) is 5.65 Å². The lowest BCUT2D eigenvalue weighted by molar-refractivity contribution is -0.671. The minimum Gasteiger partial charge on any atom is -0.240 e. The van der Waals surface area contributed by atoms with Gasteiger partial charge in [-0.2, -0.15) is 0 Å². The molecule has 16 heavy (non-hydrogen) atoms. The van der Waals surface area contributed by atoms with E-state index < -0.39 is 0 Å². The number of thiazole rings is 2. The molecular weight excluding hydrogens is 240 g/mol. The van der Waals surface area contributed by atoms with E-state index in [0.717, 1.165) is 22.2 Å². The molecule has 0 aliphatic heterocycles. The van der Waals surface area contributed by atoms with Gasteiger partial charge in [-0.05, 0) is 6.92 Å². The quantitative estimate of drug-likeness (QED) is 0.650. The minimum atomic E-state index is 0.827. The van der Waals surface area contributed by atoms with E-state index in [-0.39, 0.29) is 0 Å². The maximum atomic E-state index is 4.53. The van der Waals surface area contributed by atoms with Crippen molar-refractivity contribution in [2.75, 3.05) is 0 Å². The second kappa shape index (κ2) is 3.64. The van der Waals surface area contributed by atoms with Crippen molar-refractivity contribution in [2.24, 2.45) is 7.05 Å². The molecule has 3 aromatic rings. The number of aromatic nitrogens is 4. The van der Waals surface area contributed by atoms with Crippen LogP contribution in [-0.4, -0.2) is 14.5 Å². The van der Waals surface area contributed by atoms with Crippen molar-refractivity contribution in [3.05, 3.63) is 28.7 Å². The average molecular weight is 251 g/mol. The number of nitrogens with zero attached hydrogens (tertiary/aromatic N) is 4. The molecule has 4 nitrogen and oxygen atoms in total. The maximum absolute atomic E-state index is 4.53.